The monoisotopic (exact) mass is 257 g/mol. The second-order valence-corrected chi connectivity index (χ2v) is 5.63. The van der Waals surface area contributed by atoms with Crippen molar-refractivity contribution in [2.24, 2.45) is 0 Å². The number of hydrogen-bond acceptors (Lipinski definition) is 3. The van der Waals surface area contributed by atoms with Crippen molar-refractivity contribution in [2.45, 2.75) is 31.7 Å². The van der Waals surface area contributed by atoms with Gasteiger partial charge in [-0.25, -0.2) is 8.42 Å². The molecule has 2 N–H and O–H groups in total. The van der Waals surface area contributed by atoms with E-state index in [0.29, 0.717) is 5.56 Å². The normalized spacial score (nSPS) is 13.4. The molecule has 1 aromatic carbocycles. The number of nitrogens with one attached hydrogen (secondary N) is 1. The lowest BCUT2D eigenvalue weighted by Gasteiger charge is -2.12. The summed E-state index contributed by atoms with van der Waals surface area (Å²) >= 11 is 0. The van der Waals surface area contributed by atoms with Crippen LogP contribution in [-0.4, -0.2) is 25.5 Å². The van der Waals surface area contributed by atoms with Crippen LogP contribution in [0.5, 0.6) is 0 Å². The van der Waals surface area contributed by atoms with E-state index < -0.39 is 22.0 Å². The molecule has 0 aromatic heterocycles. The number of aryl methyl sites for hydroxylation is 2. The van der Waals surface area contributed by atoms with E-state index >= 15 is 0 Å². The zero-order valence-electron chi connectivity index (χ0n) is 9.89. The van der Waals surface area contributed by atoms with E-state index in [1.807, 2.05) is 0 Å². The van der Waals surface area contributed by atoms with Gasteiger partial charge < -0.3 is 5.11 Å². The predicted octanol–water partition coefficient (Wildman–Crippen LogP) is 1.05. The lowest BCUT2D eigenvalue weighted by Crippen LogP contribution is -2.38. The van der Waals surface area contributed by atoms with Gasteiger partial charge >= 0.3 is 5.97 Å². The van der Waals surface area contributed by atoms with Crippen molar-refractivity contribution in [1.82, 2.24) is 4.72 Å². The minimum absolute atomic E-state index is 0.116. The lowest BCUT2D eigenvalue weighted by molar-refractivity contribution is -0.138. The first-order valence-electron chi connectivity index (χ1n) is 5.06. The summed E-state index contributed by atoms with van der Waals surface area (Å²) in [4.78, 5) is 10.7. The zero-order valence-corrected chi connectivity index (χ0v) is 10.7. The van der Waals surface area contributed by atoms with Crippen molar-refractivity contribution in [3.05, 3.63) is 29.3 Å². The van der Waals surface area contributed by atoms with Gasteiger partial charge in [-0.3, -0.25) is 4.79 Å². The Kier molecular flexibility index (Phi) is 3.90. The second-order valence-electron chi connectivity index (χ2n) is 3.95. The summed E-state index contributed by atoms with van der Waals surface area (Å²) in [6.45, 7) is 4.73. The van der Waals surface area contributed by atoms with E-state index in [-0.39, 0.29) is 4.90 Å². The number of sulfonamides is 1. The molecule has 1 atom stereocenters. The third-order valence-electron chi connectivity index (χ3n) is 2.34. The molecule has 1 unspecified atom stereocenters. The lowest BCUT2D eigenvalue weighted by atomic mass is 10.2. The van der Waals surface area contributed by atoms with Crippen molar-refractivity contribution in [2.75, 3.05) is 0 Å². The maximum atomic E-state index is 11.9. The van der Waals surface area contributed by atoms with Gasteiger partial charge in [-0.1, -0.05) is 12.1 Å². The van der Waals surface area contributed by atoms with Crippen LogP contribution < -0.4 is 4.72 Å². The Labute approximate surface area is 101 Å². The van der Waals surface area contributed by atoms with Gasteiger partial charge in [0.05, 0.1) is 4.90 Å². The fourth-order valence-corrected chi connectivity index (χ4v) is 2.87. The highest BCUT2D eigenvalue weighted by molar-refractivity contribution is 7.89. The van der Waals surface area contributed by atoms with Gasteiger partial charge in [0.25, 0.3) is 0 Å². The summed E-state index contributed by atoms with van der Waals surface area (Å²) in [5.74, 6) is -1.21. The Bertz CT molecular complexity index is 536. The quantitative estimate of drug-likeness (QED) is 0.844. The van der Waals surface area contributed by atoms with E-state index in [1.165, 1.54) is 13.0 Å². The average molecular weight is 257 g/mol. The van der Waals surface area contributed by atoms with Crippen molar-refractivity contribution in [1.29, 1.82) is 0 Å². The molecule has 0 bridgehead atoms. The van der Waals surface area contributed by atoms with E-state index in [4.69, 9.17) is 5.11 Å². The Balaban J connectivity index is 3.13. The van der Waals surface area contributed by atoms with Gasteiger partial charge in [-0.05, 0) is 38.0 Å². The van der Waals surface area contributed by atoms with E-state index in [9.17, 15) is 13.2 Å². The highest BCUT2D eigenvalue weighted by Crippen LogP contribution is 2.16. The van der Waals surface area contributed by atoms with Crippen LogP contribution in [0.4, 0.5) is 0 Å². The molecule has 1 rings (SSSR count). The minimum atomic E-state index is -3.79. The van der Waals surface area contributed by atoms with Gasteiger partial charge in [0.15, 0.2) is 0 Å². The molecule has 0 radical (unpaired) electrons. The SMILES string of the molecule is Cc1ccc(C)c(S(=O)(=O)NC(C)C(=O)O)c1. The second kappa shape index (κ2) is 4.85. The molecule has 17 heavy (non-hydrogen) atoms. The maximum absolute atomic E-state index is 11.9. The summed E-state index contributed by atoms with van der Waals surface area (Å²) in [6.07, 6.45) is 0. The van der Waals surface area contributed by atoms with Gasteiger partial charge in [0, 0.05) is 0 Å². The van der Waals surface area contributed by atoms with Gasteiger partial charge in [0.2, 0.25) is 10.0 Å². The fourth-order valence-electron chi connectivity index (χ4n) is 1.34. The topological polar surface area (TPSA) is 83.5 Å². The third kappa shape index (κ3) is 3.28. The summed E-state index contributed by atoms with van der Waals surface area (Å²) < 4.78 is 26.0. The summed E-state index contributed by atoms with van der Waals surface area (Å²) in [5, 5.41) is 8.69. The standard InChI is InChI=1S/C11H15NO4S/c1-7-4-5-8(2)10(6-7)17(15,16)12-9(3)11(13)14/h4-6,9,12H,1-3H3,(H,13,14). The van der Waals surface area contributed by atoms with Crippen molar-refractivity contribution in [3.63, 3.8) is 0 Å². The van der Waals surface area contributed by atoms with Crippen LogP contribution in [0.2, 0.25) is 0 Å². The number of carboxylic acid groups (broad SMARTS) is 1. The van der Waals surface area contributed by atoms with Crippen LogP contribution in [0.1, 0.15) is 18.1 Å². The van der Waals surface area contributed by atoms with E-state index in [1.54, 1.807) is 26.0 Å². The Morgan fingerprint density at radius 1 is 1.35 bits per heavy atom. The van der Waals surface area contributed by atoms with Crippen molar-refractivity contribution < 1.29 is 18.3 Å². The molecule has 0 aliphatic rings. The first-order valence-corrected chi connectivity index (χ1v) is 6.55. The maximum Gasteiger partial charge on any atom is 0.321 e. The molecule has 1 aromatic rings. The van der Waals surface area contributed by atoms with Crippen molar-refractivity contribution >= 4 is 16.0 Å². The number of aliphatic carboxylic acids is 1. The summed E-state index contributed by atoms with van der Waals surface area (Å²) in [5.41, 5.74) is 1.39. The number of carboxylic acids is 1. The summed E-state index contributed by atoms with van der Waals surface area (Å²) in [7, 11) is -3.79. The Morgan fingerprint density at radius 2 is 1.94 bits per heavy atom. The molecule has 5 nitrogen and oxygen atoms in total. The Hall–Kier alpha value is -1.40. The molecule has 94 valence electrons. The first-order chi connectivity index (χ1) is 7.74. The fraction of sp³-hybridized carbons (Fsp3) is 0.364. The Morgan fingerprint density at radius 3 is 2.47 bits per heavy atom. The smallest absolute Gasteiger partial charge is 0.321 e. The first kappa shape index (κ1) is 13.7. The molecule has 0 saturated carbocycles. The molecule has 0 aliphatic heterocycles. The van der Waals surface area contributed by atoms with Crippen molar-refractivity contribution in [3.8, 4) is 0 Å². The van der Waals surface area contributed by atoms with Crippen LogP contribution in [0.3, 0.4) is 0 Å². The molecule has 0 spiro atoms. The highest BCUT2D eigenvalue weighted by atomic mass is 32.2. The molecular weight excluding hydrogens is 242 g/mol. The molecule has 0 heterocycles. The number of rotatable bonds is 4. The van der Waals surface area contributed by atoms with Crippen LogP contribution in [0.15, 0.2) is 23.1 Å². The molecule has 6 heteroatoms. The van der Waals surface area contributed by atoms with Crippen LogP contribution in [-0.2, 0) is 14.8 Å². The molecule has 0 aliphatic carbocycles. The number of carbonyl (C=O) groups is 1. The predicted molar refractivity (Wildman–Crippen MR) is 63.3 cm³/mol. The van der Waals surface area contributed by atoms with E-state index in [0.717, 1.165) is 5.56 Å². The zero-order chi connectivity index (χ0) is 13.2. The molecule has 0 fully saturated rings. The average Bonchev–Trinajstić information content (AvgIpc) is 2.20. The number of hydrogen-bond donors (Lipinski definition) is 2. The molecule has 0 saturated heterocycles. The van der Waals surface area contributed by atoms with E-state index in [2.05, 4.69) is 4.72 Å². The van der Waals surface area contributed by atoms with Crippen LogP contribution in [0.25, 0.3) is 0 Å². The van der Waals surface area contributed by atoms with Gasteiger partial charge in [-0.2, -0.15) is 4.72 Å². The highest BCUT2D eigenvalue weighted by Gasteiger charge is 2.22. The minimum Gasteiger partial charge on any atom is -0.480 e. The molecular formula is C11H15NO4S. The van der Waals surface area contributed by atoms with Crippen LogP contribution >= 0.6 is 0 Å². The largest absolute Gasteiger partial charge is 0.480 e. The van der Waals surface area contributed by atoms with Gasteiger partial charge in [0.1, 0.15) is 6.04 Å². The third-order valence-corrected chi connectivity index (χ3v) is 4.02. The van der Waals surface area contributed by atoms with Gasteiger partial charge in [-0.15, -0.1) is 0 Å². The molecule has 0 amide bonds. The van der Waals surface area contributed by atoms with Crippen LogP contribution in [0, 0.1) is 13.8 Å². The summed E-state index contributed by atoms with van der Waals surface area (Å²) in [6, 6.07) is 3.86. The number of benzene rings is 1.